The first-order valence-corrected chi connectivity index (χ1v) is 9.18. The Labute approximate surface area is 169 Å². The third-order valence-corrected chi connectivity index (χ3v) is 3.96. The fourth-order valence-corrected chi connectivity index (χ4v) is 2.55. The van der Waals surface area contributed by atoms with E-state index in [9.17, 15) is 9.59 Å². The summed E-state index contributed by atoms with van der Waals surface area (Å²) in [5, 5.41) is 5.49. The fourth-order valence-electron chi connectivity index (χ4n) is 2.55. The number of benzene rings is 3. The normalized spacial score (nSPS) is 11.2. The number of para-hydroxylation sites is 1. The second-order valence-electron chi connectivity index (χ2n) is 6.39. The maximum Gasteiger partial charge on any atom is 0.265 e. The van der Waals surface area contributed by atoms with Crippen LogP contribution in [0.25, 0.3) is 0 Å². The molecule has 1 atom stereocenters. The summed E-state index contributed by atoms with van der Waals surface area (Å²) in [7, 11) is 0. The van der Waals surface area contributed by atoms with E-state index in [0.717, 1.165) is 5.75 Å². The van der Waals surface area contributed by atoms with Crippen molar-refractivity contribution in [3.8, 4) is 17.2 Å². The molecule has 0 radical (unpaired) electrons. The third-order valence-electron chi connectivity index (χ3n) is 3.96. The quantitative estimate of drug-likeness (QED) is 0.605. The van der Waals surface area contributed by atoms with Crippen LogP contribution in [0.5, 0.6) is 17.2 Å². The minimum Gasteiger partial charge on any atom is -0.481 e. The Morgan fingerprint density at radius 1 is 0.724 bits per heavy atom. The Morgan fingerprint density at radius 3 is 1.83 bits per heavy atom. The molecule has 0 aromatic heterocycles. The number of hydrogen-bond acceptors (Lipinski definition) is 4. The van der Waals surface area contributed by atoms with Crippen LogP contribution in [0.15, 0.2) is 78.9 Å². The number of hydrogen-bond donors (Lipinski definition) is 2. The highest BCUT2D eigenvalue weighted by Crippen LogP contribution is 2.23. The minimum absolute atomic E-state index is 0.147. The number of nitrogens with one attached hydrogen (secondary N) is 2. The SMILES string of the molecule is CC(=O)Nc1ccc(O[C@H](C)C(=O)Nc2ccc(Oc3ccccc3)cc2)cc1. The minimum atomic E-state index is -0.693. The van der Waals surface area contributed by atoms with E-state index in [1.165, 1.54) is 6.92 Å². The number of ether oxygens (including phenoxy) is 2. The van der Waals surface area contributed by atoms with Gasteiger partial charge in [0.05, 0.1) is 0 Å². The molecule has 0 aliphatic heterocycles. The average molecular weight is 390 g/mol. The van der Waals surface area contributed by atoms with Crippen LogP contribution in [0.2, 0.25) is 0 Å². The van der Waals surface area contributed by atoms with Gasteiger partial charge in [0.2, 0.25) is 5.91 Å². The van der Waals surface area contributed by atoms with Gasteiger partial charge in [-0.1, -0.05) is 18.2 Å². The Balaban J connectivity index is 1.53. The summed E-state index contributed by atoms with van der Waals surface area (Å²) in [6, 6.07) is 23.4. The molecule has 3 aromatic carbocycles. The molecule has 3 rings (SSSR count). The first-order valence-electron chi connectivity index (χ1n) is 9.18. The molecule has 0 aliphatic rings. The lowest BCUT2D eigenvalue weighted by molar-refractivity contribution is -0.122. The van der Waals surface area contributed by atoms with Crippen LogP contribution in [0, 0.1) is 0 Å². The zero-order valence-electron chi connectivity index (χ0n) is 16.2. The van der Waals surface area contributed by atoms with Gasteiger partial charge in [-0.3, -0.25) is 9.59 Å². The second-order valence-corrected chi connectivity index (χ2v) is 6.39. The monoisotopic (exact) mass is 390 g/mol. The highest BCUT2D eigenvalue weighted by Gasteiger charge is 2.15. The zero-order valence-corrected chi connectivity index (χ0v) is 16.2. The first kappa shape index (κ1) is 19.9. The molecule has 2 amide bonds. The molecule has 29 heavy (non-hydrogen) atoms. The predicted molar refractivity (Wildman–Crippen MR) is 112 cm³/mol. The van der Waals surface area contributed by atoms with Gasteiger partial charge in [0.1, 0.15) is 17.2 Å². The topological polar surface area (TPSA) is 76.7 Å². The van der Waals surface area contributed by atoms with Crippen molar-refractivity contribution in [3.05, 3.63) is 78.9 Å². The zero-order chi connectivity index (χ0) is 20.6. The highest BCUT2D eigenvalue weighted by molar-refractivity contribution is 5.94. The molecule has 0 fully saturated rings. The van der Waals surface area contributed by atoms with Crippen LogP contribution < -0.4 is 20.1 Å². The van der Waals surface area contributed by atoms with Crippen molar-refractivity contribution in [3.63, 3.8) is 0 Å². The summed E-state index contributed by atoms with van der Waals surface area (Å²) in [6.07, 6.45) is -0.693. The van der Waals surface area contributed by atoms with E-state index >= 15 is 0 Å². The summed E-state index contributed by atoms with van der Waals surface area (Å²) < 4.78 is 11.4. The van der Waals surface area contributed by atoms with Gasteiger partial charge in [0, 0.05) is 18.3 Å². The van der Waals surface area contributed by atoms with Crippen molar-refractivity contribution in [1.29, 1.82) is 0 Å². The molecule has 2 N–H and O–H groups in total. The van der Waals surface area contributed by atoms with E-state index in [1.807, 2.05) is 30.3 Å². The molecule has 0 saturated heterocycles. The number of carbonyl (C=O) groups excluding carboxylic acids is 2. The van der Waals surface area contributed by atoms with Crippen LogP contribution in [-0.4, -0.2) is 17.9 Å². The van der Waals surface area contributed by atoms with Crippen molar-refractivity contribution < 1.29 is 19.1 Å². The molecule has 3 aromatic rings. The lowest BCUT2D eigenvalue weighted by Gasteiger charge is -2.15. The predicted octanol–water partition coefficient (Wildman–Crippen LogP) is 4.84. The summed E-state index contributed by atoms with van der Waals surface area (Å²) in [4.78, 5) is 23.4. The molecule has 0 bridgehead atoms. The average Bonchev–Trinajstić information content (AvgIpc) is 2.71. The van der Waals surface area contributed by atoms with E-state index in [4.69, 9.17) is 9.47 Å². The second kappa shape index (κ2) is 9.41. The molecule has 148 valence electrons. The van der Waals surface area contributed by atoms with Gasteiger partial charge in [0.25, 0.3) is 5.91 Å². The van der Waals surface area contributed by atoms with Gasteiger partial charge in [-0.25, -0.2) is 0 Å². The summed E-state index contributed by atoms with van der Waals surface area (Å²) >= 11 is 0. The smallest absolute Gasteiger partial charge is 0.265 e. The van der Waals surface area contributed by atoms with Crippen molar-refractivity contribution in [2.75, 3.05) is 10.6 Å². The highest BCUT2D eigenvalue weighted by atomic mass is 16.5. The van der Waals surface area contributed by atoms with Gasteiger partial charge < -0.3 is 20.1 Å². The number of anilines is 2. The van der Waals surface area contributed by atoms with Crippen LogP contribution in [0.1, 0.15) is 13.8 Å². The largest absolute Gasteiger partial charge is 0.481 e. The van der Waals surface area contributed by atoms with E-state index in [1.54, 1.807) is 55.5 Å². The molecule has 6 nitrogen and oxygen atoms in total. The molecule has 0 heterocycles. The number of carbonyl (C=O) groups is 2. The molecule has 0 aliphatic carbocycles. The fraction of sp³-hybridized carbons (Fsp3) is 0.130. The lowest BCUT2D eigenvalue weighted by atomic mass is 10.2. The van der Waals surface area contributed by atoms with Crippen molar-refractivity contribution in [1.82, 2.24) is 0 Å². The van der Waals surface area contributed by atoms with E-state index in [-0.39, 0.29) is 11.8 Å². The van der Waals surface area contributed by atoms with Gasteiger partial charge in [-0.2, -0.15) is 0 Å². The maximum atomic E-state index is 12.4. The Bertz CT molecular complexity index is 954. The Morgan fingerprint density at radius 2 is 1.24 bits per heavy atom. The van der Waals surface area contributed by atoms with Gasteiger partial charge in [0.15, 0.2) is 6.10 Å². The van der Waals surface area contributed by atoms with Crippen molar-refractivity contribution >= 4 is 23.2 Å². The molecule has 0 spiro atoms. The molecule has 0 saturated carbocycles. The number of amides is 2. The third kappa shape index (κ3) is 6.10. The summed E-state index contributed by atoms with van der Waals surface area (Å²) in [5.74, 6) is 1.54. The van der Waals surface area contributed by atoms with Crippen LogP contribution >= 0.6 is 0 Å². The van der Waals surface area contributed by atoms with Crippen LogP contribution in [0.4, 0.5) is 11.4 Å². The maximum absolute atomic E-state index is 12.4. The van der Waals surface area contributed by atoms with Gasteiger partial charge in [-0.15, -0.1) is 0 Å². The summed E-state index contributed by atoms with van der Waals surface area (Å²) in [5.41, 5.74) is 1.31. The van der Waals surface area contributed by atoms with E-state index in [2.05, 4.69) is 10.6 Å². The van der Waals surface area contributed by atoms with Crippen molar-refractivity contribution in [2.24, 2.45) is 0 Å². The van der Waals surface area contributed by atoms with Crippen molar-refractivity contribution in [2.45, 2.75) is 20.0 Å². The standard InChI is InChI=1S/C23H22N2O4/c1-16(28-21-12-8-18(9-13-21)24-17(2)26)23(27)25-19-10-14-22(15-11-19)29-20-6-4-3-5-7-20/h3-16H,1-2H3,(H,24,26)(H,25,27)/t16-/m1/s1. The first-order chi connectivity index (χ1) is 14.0. The summed E-state index contributed by atoms with van der Waals surface area (Å²) in [6.45, 7) is 3.11. The lowest BCUT2D eigenvalue weighted by Crippen LogP contribution is -2.30. The Kier molecular flexibility index (Phi) is 6.47. The number of rotatable bonds is 7. The van der Waals surface area contributed by atoms with Gasteiger partial charge in [-0.05, 0) is 67.6 Å². The van der Waals surface area contributed by atoms with Crippen LogP contribution in [0.3, 0.4) is 0 Å². The molecule has 6 heteroatoms. The molecular weight excluding hydrogens is 368 g/mol. The Hall–Kier alpha value is -3.80. The molecule has 0 unspecified atom stereocenters. The van der Waals surface area contributed by atoms with E-state index in [0.29, 0.717) is 22.9 Å². The van der Waals surface area contributed by atoms with Crippen LogP contribution in [-0.2, 0) is 9.59 Å². The van der Waals surface area contributed by atoms with E-state index < -0.39 is 6.10 Å². The van der Waals surface area contributed by atoms with Gasteiger partial charge >= 0.3 is 0 Å². The molecular formula is C23H22N2O4.